The maximum atomic E-state index is 10.7. The Morgan fingerprint density at radius 1 is 1.56 bits per heavy atom. The standard InChI is InChI=1S/C12H15N3O2S/c1-3-6-18-9-4-5-10-11(7-9)14-12(13-10)15-17-8(2)16/h4-5,7H,3,6H2,1-2H3,(H2,13,14,15). The molecule has 0 saturated carbocycles. The molecule has 1 heterocycles. The van der Waals surface area contributed by atoms with E-state index in [0.717, 1.165) is 23.2 Å². The number of aromatic nitrogens is 2. The lowest BCUT2D eigenvalue weighted by molar-refractivity contribution is -0.138. The maximum Gasteiger partial charge on any atom is 0.329 e. The lowest BCUT2D eigenvalue weighted by Crippen LogP contribution is -2.06. The van der Waals surface area contributed by atoms with Crippen LogP contribution in [0.4, 0.5) is 5.95 Å². The molecule has 2 aromatic rings. The number of carbonyl (C=O) groups is 1. The van der Waals surface area contributed by atoms with Crippen molar-refractivity contribution in [2.24, 2.45) is 0 Å². The Labute approximate surface area is 109 Å². The highest BCUT2D eigenvalue weighted by molar-refractivity contribution is 7.99. The molecule has 0 unspecified atom stereocenters. The van der Waals surface area contributed by atoms with Crippen LogP contribution in [-0.4, -0.2) is 21.7 Å². The summed E-state index contributed by atoms with van der Waals surface area (Å²) in [6, 6.07) is 6.03. The number of aromatic amines is 1. The summed E-state index contributed by atoms with van der Waals surface area (Å²) in [7, 11) is 0. The van der Waals surface area contributed by atoms with E-state index in [4.69, 9.17) is 0 Å². The molecule has 0 aliphatic carbocycles. The number of benzene rings is 1. The molecule has 6 heteroatoms. The summed E-state index contributed by atoms with van der Waals surface area (Å²) in [5.74, 6) is 1.12. The third-order valence-electron chi connectivity index (χ3n) is 2.22. The Kier molecular flexibility index (Phi) is 4.09. The van der Waals surface area contributed by atoms with Crippen molar-refractivity contribution >= 4 is 34.7 Å². The summed E-state index contributed by atoms with van der Waals surface area (Å²) in [5, 5.41) is 0. The third-order valence-corrected chi connectivity index (χ3v) is 3.42. The first kappa shape index (κ1) is 12.8. The van der Waals surface area contributed by atoms with Gasteiger partial charge in [0, 0.05) is 11.8 Å². The van der Waals surface area contributed by atoms with Gasteiger partial charge in [-0.15, -0.1) is 11.8 Å². The zero-order chi connectivity index (χ0) is 13.0. The Morgan fingerprint density at radius 3 is 3.11 bits per heavy atom. The van der Waals surface area contributed by atoms with Gasteiger partial charge in [-0.2, -0.15) is 5.48 Å². The van der Waals surface area contributed by atoms with Crippen molar-refractivity contribution in [3.8, 4) is 0 Å². The van der Waals surface area contributed by atoms with Gasteiger partial charge in [-0.3, -0.25) is 4.79 Å². The molecule has 0 spiro atoms. The summed E-state index contributed by atoms with van der Waals surface area (Å²) in [6.07, 6.45) is 1.14. The Hall–Kier alpha value is -1.69. The molecular weight excluding hydrogens is 250 g/mol. The van der Waals surface area contributed by atoms with E-state index in [-0.39, 0.29) is 0 Å². The molecular formula is C12H15N3O2S. The fourth-order valence-electron chi connectivity index (χ4n) is 1.47. The van der Waals surface area contributed by atoms with Crippen LogP contribution in [0.15, 0.2) is 23.1 Å². The number of anilines is 1. The third kappa shape index (κ3) is 3.16. The Balaban J connectivity index is 2.14. The van der Waals surface area contributed by atoms with Gasteiger partial charge >= 0.3 is 5.97 Å². The van der Waals surface area contributed by atoms with E-state index in [9.17, 15) is 4.79 Å². The molecule has 0 aliphatic heterocycles. The molecule has 1 aromatic carbocycles. The molecule has 5 nitrogen and oxygen atoms in total. The molecule has 0 amide bonds. The number of fused-ring (bicyclic) bond motifs is 1. The number of hydrogen-bond donors (Lipinski definition) is 2. The van der Waals surface area contributed by atoms with Crippen molar-refractivity contribution in [1.29, 1.82) is 0 Å². The monoisotopic (exact) mass is 265 g/mol. The average Bonchev–Trinajstić information content (AvgIpc) is 2.75. The summed E-state index contributed by atoms with van der Waals surface area (Å²) in [5.41, 5.74) is 4.23. The molecule has 18 heavy (non-hydrogen) atoms. The van der Waals surface area contributed by atoms with E-state index >= 15 is 0 Å². The van der Waals surface area contributed by atoms with Gasteiger partial charge in [0.25, 0.3) is 0 Å². The highest BCUT2D eigenvalue weighted by Crippen LogP contribution is 2.23. The molecule has 96 valence electrons. The van der Waals surface area contributed by atoms with Crippen LogP contribution in [0.1, 0.15) is 20.3 Å². The van der Waals surface area contributed by atoms with E-state index in [1.54, 1.807) is 0 Å². The first-order valence-electron chi connectivity index (χ1n) is 5.75. The van der Waals surface area contributed by atoms with Crippen LogP contribution in [0.5, 0.6) is 0 Å². The fraction of sp³-hybridized carbons (Fsp3) is 0.333. The van der Waals surface area contributed by atoms with Crippen LogP contribution in [0.2, 0.25) is 0 Å². The summed E-state index contributed by atoms with van der Waals surface area (Å²) < 4.78 is 0. The van der Waals surface area contributed by atoms with Crippen molar-refractivity contribution in [2.75, 3.05) is 11.2 Å². The second-order valence-corrected chi connectivity index (χ2v) is 4.98. The second-order valence-electron chi connectivity index (χ2n) is 3.81. The number of rotatable bonds is 5. The molecule has 0 atom stereocenters. The van der Waals surface area contributed by atoms with Crippen LogP contribution in [0.25, 0.3) is 11.0 Å². The normalized spacial score (nSPS) is 10.6. The average molecular weight is 265 g/mol. The van der Waals surface area contributed by atoms with Crippen LogP contribution < -0.4 is 5.48 Å². The smallest absolute Gasteiger partial charge is 0.329 e. The molecule has 0 aliphatic rings. The highest BCUT2D eigenvalue weighted by atomic mass is 32.2. The quantitative estimate of drug-likeness (QED) is 0.642. The SMILES string of the molecule is CCCSc1ccc2nc(NOC(C)=O)[nH]c2c1. The van der Waals surface area contributed by atoms with Gasteiger partial charge in [0.2, 0.25) is 5.95 Å². The Morgan fingerprint density at radius 2 is 2.39 bits per heavy atom. The van der Waals surface area contributed by atoms with Gasteiger partial charge in [0.05, 0.1) is 11.0 Å². The van der Waals surface area contributed by atoms with Gasteiger partial charge in [0.1, 0.15) is 0 Å². The van der Waals surface area contributed by atoms with Crippen molar-refractivity contribution in [3.05, 3.63) is 18.2 Å². The number of H-pyrrole nitrogens is 1. The maximum absolute atomic E-state index is 10.7. The minimum atomic E-state index is -0.408. The van der Waals surface area contributed by atoms with Gasteiger partial charge in [-0.25, -0.2) is 4.98 Å². The van der Waals surface area contributed by atoms with Crippen LogP contribution in [0.3, 0.4) is 0 Å². The number of hydrogen-bond acceptors (Lipinski definition) is 5. The Bertz CT molecular complexity index is 553. The highest BCUT2D eigenvalue weighted by Gasteiger charge is 2.04. The van der Waals surface area contributed by atoms with Crippen molar-refractivity contribution in [3.63, 3.8) is 0 Å². The van der Waals surface area contributed by atoms with Gasteiger partial charge in [-0.1, -0.05) is 6.92 Å². The van der Waals surface area contributed by atoms with E-state index in [1.807, 2.05) is 30.0 Å². The van der Waals surface area contributed by atoms with Crippen LogP contribution >= 0.6 is 11.8 Å². The lowest BCUT2D eigenvalue weighted by Gasteiger charge is -1.99. The molecule has 0 fully saturated rings. The fourth-order valence-corrected chi connectivity index (χ4v) is 2.27. The molecule has 0 radical (unpaired) electrons. The number of thioether (sulfide) groups is 1. The number of carbonyl (C=O) groups excluding carboxylic acids is 1. The number of nitrogens with zero attached hydrogens (tertiary/aromatic N) is 1. The molecule has 0 saturated heterocycles. The van der Waals surface area contributed by atoms with Gasteiger partial charge in [0.15, 0.2) is 0 Å². The molecule has 2 rings (SSSR count). The number of imidazole rings is 1. The predicted molar refractivity (Wildman–Crippen MR) is 72.5 cm³/mol. The molecule has 2 N–H and O–H groups in total. The predicted octanol–water partition coefficient (Wildman–Crippen LogP) is 2.96. The zero-order valence-corrected chi connectivity index (χ0v) is 11.1. The first-order valence-corrected chi connectivity index (χ1v) is 6.73. The summed E-state index contributed by atoms with van der Waals surface area (Å²) >= 11 is 1.81. The van der Waals surface area contributed by atoms with Crippen molar-refractivity contribution < 1.29 is 9.63 Å². The van der Waals surface area contributed by atoms with Crippen LogP contribution in [0, 0.1) is 0 Å². The molecule has 1 aromatic heterocycles. The number of nitrogens with one attached hydrogen (secondary N) is 2. The van der Waals surface area contributed by atoms with Crippen molar-refractivity contribution in [1.82, 2.24) is 9.97 Å². The van der Waals surface area contributed by atoms with E-state index < -0.39 is 5.97 Å². The molecule has 0 bridgehead atoms. The first-order chi connectivity index (χ1) is 8.69. The lowest BCUT2D eigenvalue weighted by atomic mass is 10.3. The second kappa shape index (κ2) is 5.77. The minimum absolute atomic E-state index is 0.408. The van der Waals surface area contributed by atoms with E-state index in [0.29, 0.717) is 5.95 Å². The zero-order valence-electron chi connectivity index (χ0n) is 10.3. The summed E-state index contributed by atoms with van der Waals surface area (Å²) in [4.78, 5) is 23.8. The minimum Gasteiger partial charge on any atom is -0.341 e. The van der Waals surface area contributed by atoms with Gasteiger partial charge < -0.3 is 9.82 Å². The van der Waals surface area contributed by atoms with E-state index in [2.05, 4.69) is 27.2 Å². The topological polar surface area (TPSA) is 67.0 Å². The largest absolute Gasteiger partial charge is 0.341 e. The van der Waals surface area contributed by atoms with Crippen LogP contribution in [-0.2, 0) is 9.63 Å². The van der Waals surface area contributed by atoms with Crippen molar-refractivity contribution in [2.45, 2.75) is 25.2 Å². The van der Waals surface area contributed by atoms with E-state index in [1.165, 1.54) is 11.8 Å². The summed E-state index contributed by atoms with van der Waals surface area (Å²) in [6.45, 7) is 3.48. The van der Waals surface area contributed by atoms with Gasteiger partial charge in [-0.05, 0) is 30.4 Å².